The molecule has 0 aliphatic rings. The molecule has 0 aromatic carbocycles. The predicted molar refractivity (Wildman–Crippen MR) is 36.4 cm³/mol. The molecule has 0 aromatic rings. The third-order valence-electron chi connectivity index (χ3n) is 0.508. The molecule has 0 N–H and O–H groups in total. The van der Waals surface area contributed by atoms with Gasteiger partial charge in [-0.3, -0.25) is 0 Å². The maximum absolute atomic E-state index is 11.2. The van der Waals surface area contributed by atoms with Crippen LogP contribution in [0.15, 0.2) is 12.2 Å². The highest BCUT2D eigenvalue weighted by Gasteiger charge is 1.85. The van der Waals surface area contributed by atoms with E-state index in [9.17, 15) is 8.78 Å². The van der Waals surface area contributed by atoms with E-state index in [0.717, 1.165) is 6.08 Å². The highest BCUT2D eigenvalue weighted by atomic mass is 33.1. The van der Waals surface area contributed by atoms with E-state index in [0.29, 0.717) is 12.2 Å². The number of thiol groups is 1. The van der Waals surface area contributed by atoms with Gasteiger partial charge < -0.3 is 0 Å². The van der Waals surface area contributed by atoms with E-state index in [4.69, 9.17) is 0 Å². The molecule has 0 rings (SSSR count). The lowest BCUT2D eigenvalue weighted by Gasteiger charge is -1.83. The first-order valence-electron chi connectivity index (χ1n) is 2.05. The van der Waals surface area contributed by atoms with Gasteiger partial charge in [0.2, 0.25) is 0 Å². The van der Waals surface area contributed by atoms with Crippen molar-refractivity contribution in [2.24, 2.45) is 0 Å². The number of rotatable bonds is 3. The van der Waals surface area contributed by atoms with Crippen LogP contribution in [-0.4, -0.2) is 5.75 Å². The van der Waals surface area contributed by atoms with Crippen LogP contribution in [0.5, 0.6) is 0 Å². The van der Waals surface area contributed by atoms with Crippen LogP contribution in [0.2, 0.25) is 0 Å². The average Bonchev–Trinajstić information content (AvgIpc) is 1.66. The molecule has 0 atom stereocenters. The van der Waals surface area contributed by atoms with Crippen LogP contribution in [0.25, 0.3) is 0 Å². The summed E-state index contributed by atoms with van der Waals surface area (Å²) in [5.41, 5.74) is 0. The van der Waals surface area contributed by atoms with Gasteiger partial charge in [0.1, 0.15) is 0 Å². The third kappa shape index (κ3) is 6.30. The Morgan fingerprint density at radius 3 is 2.62 bits per heavy atom. The molecule has 0 saturated carbocycles. The van der Waals surface area contributed by atoms with Crippen molar-refractivity contribution in [2.75, 3.05) is 5.75 Å². The minimum Gasteiger partial charge on any atom is -0.174 e. The number of hydrogen-bond acceptors (Lipinski definition) is 2. The molecule has 0 radical (unpaired) electrons. The Kier molecular flexibility index (Phi) is 5.64. The molecule has 0 amide bonds. The van der Waals surface area contributed by atoms with Crippen molar-refractivity contribution in [1.82, 2.24) is 0 Å². The Labute approximate surface area is 56.2 Å². The van der Waals surface area contributed by atoms with Gasteiger partial charge in [-0.05, 0) is 12.5 Å². The second kappa shape index (κ2) is 5.44. The van der Waals surface area contributed by atoms with Crippen molar-refractivity contribution in [3.05, 3.63) is 12.2 Å². The van der Waals surface area contributed by atoms with E-state index in [1.807, 2.05) is 0 Å². The zero-order valence-electron chi connectivity index (χ0n) is 4.10. The third-order valence-corrected chi connectivity index (χ3v) is 1.47. The molecule has 4 heteroatoms. The summed E-state index contributed by atoms with van der Waals surface area (Å²) in [4.78, 5) is 0. The van der Waals surface area contributed by atoms with E-state index in [1.54, 1.807) is 0 Å². The highest BCUT2D eigenvalue weighted by Crippen LogP contribution is 2.08. The van der Waals surface area contributed by atoms with Gasteiger partial charge in [-0.25, -0.2) is 0 Å². The fourth-order valence-corrected chi connectivity index (χ4v) is 0.760. The standard InChI is InChI=1S/C4H6F2S2/c5-4(6)2-1-3-8-7/h2,7H,1,3H2. The minimum absolute atomic E-state index is 0.399. The van der Waals surface area contributed by atoms with Crippen LogP contribution < -0.4 is 0 Å². The summed E-state index contributed by atoms with van der Waals surface area (Å²) in [5.74, 6) is 0.639. The van der Waals surface area contributed by atoms with Crippen LogP contribution in [0.4, 0.5) is 8.78 Å². The molecule has 0 nitrogen and oxygen atoms in total. The lowest BCUT2D eigenvalue weighted by molar-refractivity contribution is 0.418. The minimum atomic E-state index is -1.60. The van der Waals surface area contributed by atoms with E-state index < -0.39 is 6.08 Å². The molecule has 8 heavy (non-hydrogen) atoms. The number of allylic oxidation sites excluding steroid dienone is 1. The van der Waals surface area contributed by atoms with Crippen LogP contribution in [-0.2, 0) is 0 Å². The first kappa shape index (κ1) is 8.30. The van der Waals surface area contributed by atoms with Crippen molar-refractivity contribution in [3.63, 3.8) is 0 Å². The fraction of sp³-hybridized carbons (Fsp3) is 0.500. The fourth-order valence-electron chi connectivity index (χ4n) is 0.221. The first-order chi connectivity index (χ1) is 3.77. The number of halogens is 2. The zero-order chi connectivity index (χ0) is 6.41. The molecule has 0 saturated heterocycles. The van der Waals surface area contributed by atoms with E-state index in [1.165, 1.54) is 10.8 Å². The molecule has 0 fully saturated rings. The Morgan fingerprint density at radius 2 is 2.25 bits per heavy atom. The van der Waals surface area contributed by atoms with Crippen molar-refractivity contribution >= 4 is 22.5 Å². The van der Waals surface area contributed by atoms with Crippen LogP contribution >= 0.6 is 22.5 Å². The molecule has 0 unspecified atom stereocenters. The van der Waals surface area contributed by atoms with Gasteiger partial charge >= 0.3 is 0 Å². The maximum Gasteiger partial charge on any atom is 0.266 e. The number of hydrogen-bond donors (Lipinski definition) is 1. The van der Waals surface area contributed by atoms with Gasteiger partial charge in [-0.1, -0.05) is 10.8 Å². The molecule has 0 spiro atoms. The SMILES string of the molecule is FC(F)=CCCSS. The summed E-state index contributed by atoms with van der Waals surface area (Å²) >= 11 is 3.77. The Bertz CT molecular complexity index is 78.1. The lowest BCUT2D eigenvalue weighted by atomic mass is 10.5. The van der Waals surface area contributed by atoms with Crippen LogP contribution in [0.1, 0.15) is 6.42 Å². The summed E-state index contributed by atoms with van der Waals surface area (Å²) in [7, 11) is 1.26. The summed E-state index contributed by atoms with van der Waals surface area (Å²) in [6.45, 7) is 0. The van der Waals surface area contributed by atoms with Crippen molar-refractivity contribution < 1.29 is 8.78 Å². The molecule has 48 valence electrons. The van der Waals surface area contributed by atoms with Crippen LogP contribution in [0, 0.1) is 0 Å². The second-order valence-corrected chi connectivity index (χ2v) is 2.56. The summed E-state index contributed by atoms with van der Waals surface area (Å²) < 4.78 is 22.4. The van der Waals surface area contributed by atoms with Gasteiger partial charge in [0.15, 0.2) is 0 Å². The van der Waals surface area contributed by atoms with E-state index >= 15 is 0 Å². The Morgan fingerprint density at radius 1 is 1.62 bits per heavy atom. The molecular formula is C4H6F2S2. The second-order valence-electron chi connectivity index (χ2n) is 1.12. The topological polar surface area (TPSA) is 0 Å². The highest BCUT2D eigenvalue weighted by molar-refractivity contribution is 8.68. The van der Waals surface area contributed by atoms with E-state index in [-0.39, 0.29) is 0 Å². The van der Waals surface area contributed by atoms with Gasteiger partial charge in [0.25, 0.3) is 6.08 Å². The van der Waals surface area contributed by atoms with Crippen molar-refractivity contribution in [3.8, 4) is 0 Å². The average molecular weight is 156 g/mol. The largest absolute Gasteiger partial charge is 0.266 e. The molecule has 0 heterocycles. The van der Waals surface area contributed by atoms with Crippen molar-refractivity contribution in [1.29, 1.82) is 0 Å². The quantitative estimate of drug-likeness (QED) is 0.372. The molecule has 0 aliphatic heterocycles. The van der Waals surface area contributed by atoms with Gasteiger partial charge in [0, 0.05) is 5.75 Å². The van der Waals surface area contributed by atoms with E-state index in [2.05, 4.69) is 11.7 Å². The smallest absolute Gasteiger partial charge is 0.174 e. The molecule has 0 aliphatic carbocycles. The normalized spacial score (nSPS) is 8.88. The van der Waals surface area contributed by atoms with Gasteiger partial charge in [-0.2, -0.15) is 8.78 Å². The van der Waals surface area contributed by atoms with Crippen molar-refractivity contribution in [2.45, 2.75) is 6.42 Å². The predicted octanol–water partition coefficient (Wildman–Crippen LogP) is 2.73. The monoisotopic (exact) mass is 156 g/mol. The maximum atomic E-state index is 11.2. The summed E-state index contributed by atoms with van der Waals surface area (Å²) in [6, 6.07) is 0. The Hall–Kier alpha value is 0.300. The molecule has 0 bridgehead atoms. The van der Waals surface area contributed by atoms with Gasteiger partial charge in [-0.15, -0.1) is 11.7 Å². The van der Waals surface area contributed by atoms with Crippen LogP contribution in [0.3, 0.4) is 0 Å². The lowest BCUT2D eigenvalue weighted by Crippen LogP contribution is -1.68. The van der Waals surface area contributed by atoms with Gasteiger partial charge in [0.05, 0.1) is 0 Å². The molecule has 0 aromatic heterocycles. The zero-order valence-corrected chi connectivity index (χ0v) is 5.81. The first-order valence-corrected chi connectivity index (χ1v) is 4.08. The summed E-state index contributed by atoms with van der Waals surface area (Å²) in [6.07, 6.45) is -0.313. The summed E-state index contributed by atoms with van der Waals surface area (Å²) in [5, 5.41) is 0. The molecular weight excluding hydrogens is 150 g/mol. The Balaban J connectivity index is 3.03.